The number of hydrogen-bond acceptors (Lipinski definition) is 3. The molecule has 0 spiro atoms. The Bertz CT molecular complexity index is 333. The number of carbonyl (C=O) groups is 1. The van der Waals surface area contributed by atoms with Crippen molar-refractivity contribution in [2.45, 2.75) is 13.5 Å². The second-order valence-corrected chi connectivity index (χ2v) is 3.19. The SMILES string of the molecule is CCn1cc(N)cc1C(=O)NCCOC. The number of nitrogens with one attached hydrogen (secondary N) is 1. The van der Waals surface area contributed by atoms with E-state index in [-0.39, 0.29) is 5.91 Å². The van der Waals surface area contributed by atoms with Crippen LogP contribution in [0.3, 0.4) is 0 Å². The number of amides is 1. The van der Waals surface area contributed by atoms with E-state index in [0.29, 0.717) is 24.5 Å². The molecule has 84 valence electrons. The van der Waals surface area contributed by atoms with Crippen LogP contribution in [0.4, 0.5) is 5.69 Å². The lowest BCUT2D eigenvalue weighted by molar-refractivity contribution is 0.0928. The molecule has 1 aromatic rings. The molecule has 0 saturated heterocycles. The molecule has 0 aliphatic rings. The lowest BCUT2D eigenvalue weighted by atomic mass is 10.4. The van der Waals surface area contributed by atoms with Crippen molar-refractivity contribution in [3.8, 4) is 0 Å². The van der Waals surface area contributed by atoms with Gasteiger partial charge in [-0.2, -0.15) is 0 Å². The maximum absolute atomic E-state index is 11.7. The average molecular weight is 211 g/mol. The molecular formula is C10H17N3O2. The third-order valence-corrected chi connectivity index (χ3v) is 2.08. The first kappa shape index (κ1) is 11.6. The van der Waals surface area contributed by atoms with Crippen LogP contribution in [0, 0.1) is 0 Å². The van der Waals surface area contributed by atoms with Crippen LogP contribution >= 0.6 is 0 Å². The van der Waals surface area contributed by atoms with Crippen LogP contribution < -0.4 is 11.1 Å². The molecule has 1 aromatic heterocycles. The number of aryl methyl sites for hydroxylation is 1. The third kappa shape index (κ3) is 2.99. The molecule has 0 radical (unpaired) electrons. The minimum absolute atomic E-state index is 0.120. The first-order chi connectivity index (χ1) is 7.19. The highest BCUT2D eigenvalue weighted by molar-refractivity contribution is 5.93. The summed E-state index contributed by atoms with van der Waals surface area (Å²) in [5, 5.41) is 2.75. The fourth-order valence-electron chi connectivity index (χ4n) is 1.34. The van der Waals surface area contributed by atoms with Gasteiger partial charge in [0, 0.05) is 26.4 Å². The maximum Gasteiger partial charge on any atom is 0.268 e. The molecule has 3 N–H and O–H groups in total. The van der Waals surface area contributed by atoms with Crippen molar-refractivity contribution < 1.29 is 9.53 Å². The Morgan fingerprint density at radius 3 is 3.00 bits per heavy atom. The van der Waals surface area contributed by atoms with Gasteiger partial charge in [0.2, 0.25) is 0 Å². The summed E-state index contributed by atoms with van der Waals surface area (Å²) in [5.74, 6) is -0.120. The van der Waals surface area contributed by atoms with E-state index < -0.39 is 0 Å². The van der Waals surface area contributed by atoms with Crippen molar-refractivity contribution in [2.24, 2.45) is 0 Å². The number of nitrogens with two attached hydrogens (primary N) is 1. The molecule has 0 aromatic carbocycles. The fourth-order valence-corrected chi connectivity index (χ4v) is 1.34. The van der Waals surface area contributed by atoms with E-state index in [4.69, 9.17) is 10.5 Å². The van der Waals surface area contributed by atoms with Gasteiger partial charge in [-0.15, -0.1) is 0 Å². The van der Waals surface area contributed by atoms with Gasteiger partial charge < -0.3 is 20.4 Å². The van der Waals surface area contributed by atoms with Crippen LogP contribution in [0.5, 0.6) is 0 Å². The molecule has 5 nitrogen and oxygen atoms in total. The molecule has 0 saturated carbocycles. The Morgan fingerprint density at radius 2 is 2.40 bits per heavy atom. The zero-order valence-electron chi connectivity index (χ0n) is 9.12. The highest BCUT2D eigenvalue weighted by atomic mass is 16.5. The number of aromatic nitrogens is 1. The van der Waals surface area contributed by atoms with Gasteiger partial charge in [0.25, 0.3) is 5.91 Å². The number of anilines is 1. The molecule has 0 unspecified atom stereocenters. The summed E-state index contributed by atoms with van der Waals surface area (Å²) in [7, 11) is 1.60. The predicted molar refractivity (Wildman–Crippen MR) is 58.7 cm³/mol. The highest BCUT2D eigenvalue weighted by Crippen LogP contribution is 2.10. The number of carbonyl (C=O) groups excluding carboxylic acids is 1. The van der Waals surface area contributed by atoms with E-state index in [1.54, 1.807) is 19.4 Å². The number of nitrogens with zero attached hydrogens (tertiary/aromatic N) is 1. The number of methoxy groups -OCH3 is 1. The van der Waals surface area contributed by atoms with Crippen molar-refractivity contribution >= 4 is 11.6 Å². The summed E-state index contributed by atoms with van der Waals surface area (Å²) in [5.41, 5.74) is 6.82. The fraction of sp³-hybridized carbons (Fsp3) is 0.500. The van der Waals surface area contributed by atoms with Crippen LogP contribution in [-0.4, -0.2) is 30.7 Å². The summed E-state index contributed by atoms with van der Waals surface area (Å²) in [4.78, 5) is 11.7. The van der Waals surface area contributed by atoms with Gasteiger partial charge >= 0.3 is 0 Å². The average Bonchev–Trinajstić information content (AvgIpc) is 2.60. The molecule has 0 aliphatic heterocycles. The van der Waals surface area contributed by atoms with E-state index in [2.05, 4.69) is 5.32 Å². The summed E-state index contributed by atoms with van der Waals surface area (Å²) in [6, 6.07) is 1.67. The quantitative estimate of drug-likeness (QED) is 0.695. The standard InChI is InChI=1S/C10H17N3O2/c1-3-13-7-8(11)6-9(13)10(14)12-4-5-15-2/h6-7H,3-5,11H2,1-2H3,(H,12,14). The number of nitrogen functional groups attached to an aromatic ring is 1. The van der Waals surface area contributed by atoms with Gasteiger partial charge in [-0.05, 0) is 13.0 Å². The van der Waals surface area contributed by atoms with E-state index in [1.807, 2.05) is 11.5 Å². The molecule has 1 rings (SSSR count). The van der Waals surface area contributed by atoms with E-state index >= 15 is 0 Å². The molecule has 0 fully saturated rings. The first-order valence-electron chi connectivity index (χ1n) is 4.91. The van der Waals surface area contributed by atoms with E-state index in [0.717, 1.165) is 6.54 Å². The topological polar surface area (TPSA) is 69.3 Å². The Morgan fingerprint density at radius 1 is 1.67 bits per heavy atom. The number of rotatable bonds is 5. The molecule has 5 heteroatoms. The predicted octanol–water partition coefficient (Wildman–Crippen LogP) is 0.466. The normalized spacial score (nSPS) is 10.3. The van der Waals surface area contributed by atoms with Crippen LogP contribution in [0.15, 0.2) is 12.3 Å². The summed E-state index contributed by atoms with van der Waals surface area (Å²) >= 11 is 0. The van der Waals surface area contributed by atoms with Crippen LogP contribution in [0.2, 0.25) is 0 Å². The smallest absolute Gasteiger partial charge is 0.268 e. The highest BCUT2D eigenvalue weighted by Gasteiger charge is 2.10. The van der Waals surface area contributed by atoms with Crippen molar-refractivity contribution in [3.63, 3.8) is 0 Å². The zero-order chi connectivity index (χ0) is 11.3. The Balaban J connectivity index is 2.64. The van der Waals surface area contributed by atoms with Crippen molar-refractivity contribution in [1.29, 1.82) is 0 Å². The molecule has 1 heterocycles. The minimum Gasteiger partial charge on any atom is -0.397 e. The molecular weight excluding hydrogens is 194 g/mol. The Kier molecular flexibility index (Phi) is 4.17. The summed E-state index contributed by atoms with van der Waals surface area (Å²) in [6.07, 6.45) is 1.76. The number of ether oxygens (including phenoxy) is 1. The summed E-state index contributed by atoms with van der Waals surface area (Å²) < 4.78 is 6.66. The van der Waals surface area contributed by atoms with Gasteiger partial charge in [-0.3, -0.25) is 4.79 Å². The molecule has 0 bridgehead atoms. The molecule has 15 heavy (non-hydrogen) atoms. The molecule has 0 aliphatic carbocycles. The Hall–Kier alpha value is -1.49. The van der Waals surface area contributed by atoms with Crippen LogP contribution in [-0.2, 0) is 11.3 Å². The van der Waals surface area contributed by atoms with Gasteiger partial charge in [0.05, 0.1) is 12.3 Å². The minimum atomic E-state index is -0.120. The van der Waals surface area contributed by atoms with Crippen LogP contribution in [0.25, 0.3) is 0 Å². The second-order valence-electron chi connectivity index (χ2n) is 3.19. The largest absolute Gasteiger partial charge is 0.397 e. The third-order valence-electron chi connectivity index (χ3n) is 2.08. The van der Waals surface area contributed by atoms with Crippen molar-refractivity contribution in [2.75, 3.05) is 26.0 Å². The van der Waals surface area contributed by atoms with Gasteiger partial charge in [0.1, 0.15) is 5.69 Å². The first-order valence-corrected chi connectivity index (χ1v) is 4.91. The lowest BCUT2D eigenvalue weighted by Crippen LogP contribution is -2.28. The summed E-state index contributed by atoms with van der Waals surface area (Å²) in [6.45, 7) is 3.70. The molecule has 1 amide bonds. The molecule has 0 atom stereocenters. The van der Waals surface area contributed by atoms with Crippen molar-refractivity contribution in [1.82, 2.24) is 9.88 Å². The van der Waals surface area contributed by atoms with Gasteiger partial charge in [-0.25, -0.2) is 0 Å². The zero-order valence-corrected chi connectivity index (χ0v) is 9.12. The van der Waals surface area contributed by atoms with E-state index in [9.17, 15) is 4.79 Å². The lowest BCUT2D eigenvalue weighted by Gasteiger charge is -2.06. The van der Waals surface area contributed by atoms with Gasteiger partial charge in [-0.1, -0.05) is 0 Å². The van der Waals surface area contributed by atoms with Crippen molar-refractivity contribution in [3.05, 3.63) is 18.0 Å². The van der Waals surface area contributed by atoms with Gasteiger partial charge in [0.15, 0.2) is 0 Å². The Labute approximate surface area is 89.2 Å². The second kappa shape index (κ2) is 5.41. The van der Waals surface area contributed by atoms with E-state index in [1.165, 1.54) is 0 Å². The van der Waals surface area contributed by atoms with Crippen LogP contribution in [0.1, 0.15) is 17.4 Å². The maximum atomic E-state index is 11.7. The monoisotopic (exact) mass is 211 g/mol. The number of hydrogen-bond donors (Lipinski definition) is 2.